The van der Waals surface area contributed by atoms with Gasteiger partial charge in [-0.2, -0.15) is 0 Å². The van der Waals surface area contributed by atoms with Crippen LogP contribution >= 0.6 is 11.6 Å². The smallest absolute Gasteiger partial charge is 0.246 e. The Morgan fingerprint density at radius 2 is 1.45 bits per heavy atom. The van der Waals surface area contributed by atoms with E-state index in [0.29, 0.717) is 33.5 Å². The van der Waals surface area contributed by atoms with Gasteiger partial charge in [-0.3, -0.25) is 24.1 Å². The topological polar surface area (TPSA) is 120 Å². The van der Waals surface area contributed by atoms with Gasteiger partial charge in [-0.05, 0) is 91.1 Å². The minimum absolute atomic E-state index is 0.167. The number of rotatable bonds is 7. The zero-order chi connectivity index (χ0) is 36.4. The van der Waals surface area contributed by atoms with Crippen molar-refractivity contribution in [3.8, 4) is 0 Å². The first-order valence-corrected chi connectivity index (χ1v) is 18.1. The van der Waals surface area contributed by atoms with E-state index in [2.05, 4.69) is 5.32 Å². The Hall–Kier alpha value is -5.77. The summed E-state index contributed by atoms with van der Waals surface area (Å²) in [5.74, 6) is -4.38. The van der Waals surface area contributed by atoms with Crippen molar-refractivity contribution < 1.29 is 28.7 Å². The third-order valence-corrected chi connectivity index (χ3v) is 11.7. The molecule has 9 rings (SSSR count). The maximum absolute atomic E-state index is 15.3. The van der Waals surface area contributed by atoms with Crippen LogP contribution in [-0.4, -0.2) is 28.7 Å². The Bertz CT molecular complexity index is 2310. The Labute approximate surface area is 310 Å². The number of benzene rings is 4. The number of amides is 4. The average molecular weight is 724 g/mol. The number of halogens is 1. The summed E-state index contributed by atoms with van der Waals surface area (Å²) in [6.07, 6.45) is 2.44. The molecule has 1 aromatic heterocycles. The molecule has 0 spiro atoms. The van der Waals surface area contributed by atoms with Crippen LogP contribution in [0.2, 0.25) is 5.02 Å². The molecule has 4 aromatic carbocycles. The minimum Gasteiger partial charge on any atom is -0.463 e. The van der Waals surface area contributed by atoms with E-state index in [4.69, 9.17) is 16.0 Å². The summed E-state index contributed by atoms with van der Waals surface area (Å²) < 4.78 is 6.26. The summed E-state index contributed by atoms with van der Waals surface area (Å²) in [6, 6.07) is 36.2. The number of carbonyl (C=O) groups excluding carboxylic acids is 4. The van der Waals surface area contributed by atoms with Gasteiger partial charge in [-0.1, -0.05) is 77.8 Å². The molecule has 0 unspecified atom stereocenters. The number of nitrogens with one attached hydrogen (secondary N) is 1. The number of hydrogen-bond acceptors (Lipinski definition) is 7. The van der Waals surface area contributed by atoms with Gasteiger partial charge in [0.25, 0.3) is 0 Å². The first-order chi connectivity index (χ1) is 25.8. The largest absolute Gasteiger partial charge is 0.463 e. The van der Waals surface area contributed by atoms with Crippen molar-refractivity contribution in [1.29, 1.82) is 0 Å². The Kier molecular flexibility index (Phi) is 7.94. The number of para-hydroxylation sites is 1. The Balaban J connectivity index is 1.15. The lowest BCUT2D eigenvalue weighted by Gasteiger charge is -2.49. The van der Waals surface area contributed by atoms with Crippen LogP contribution in [-0.2, 0) is 31.2 Å². The lowest BCUT2D eigenvalue weighted by atomic mass is 9.50. The third-order valence-electron chi connectivity index (χ3n) is 11.5. The van der Waals surface area contributed by atoms with Gasteiger partial charge in [0.15, 0.2) is 0 Å². The van der Waals surface area contributed by atoms with Crippen LogP contribution in [0, 0.1) is 23.7 Å². The highest BCUT2D eigenvalue weighted by Gasteiger charge is 2.71. The number of hydrogen-bond donors (Lipinski definition) is 2. The zero-order valence-electron chi connectivity index (χ0n) is 28.4. The summed E-state index contributed by atoms with van der Waals surface area (Å²) in [5.41, 5.74) is 2.51. The maximum Gasteiger partial charge on any atom is 0.246 e. The SMILES string of the molecule is O=C1[C@H]2[C@H](CC=C3[C@H]2C[C@H]2C(=O)N(c4cccc(Cl)c4)C(=O)[C@@]2(c2ccccc2)[C@H]3c2ccc(CO)o2)C(=O)N1c1ccc(Nc2ccccc2)cc1. The molecule has 5 aromatic rings. The van der Waals surface area contributed by atoms with E-state index in [1.807, 2.05) is 78.9 Å². The third kappa shape index (κ3) is 5.02. The van der Waals surface area contributed by atoms with E-state index in [1.54, 1.807) is 48.5 Å². The fourth-order valence-electron chi connectivity index (χ4n) is 9.32. The van der Waals surface area contributed by atoms with Crippen molar-refractivity contribution >= 4 is 58.0 Å². The van der Waals surface area contributed by atoms with Gasteiger partial charge >= 0.3 is 0 Å². The molecular formula is C43H34ClN3O6. The van der Waals surface area contributed by atoms with Crippen LogP contribution in [0.4, 0.5) is 22.7 Å². The summed E-state index contributed by atoms with van der Waals surface area (Å²) in [7, 11) is 0. The van der Waals surface area contributed by atoms with Gasteiger partial charge in [0.2, 0.25) is 23.6 Å². The van der Waals surface area contributed by atoms with E-state index in [-0.39, 0.29) is 31.3 Å². The minimum atomic E-state index is -1.45. The quantitative estimate of drug-likeness (QED) is 0.132. The molecule has 1 saturated carbocycles. The van der Waals surface area contributed by atoms with E-state index < -0.39 is 46.8 Å². The van der Waals surface area contributed by atoms with E-state index >= 15 is 4.79 Å². The second kappa shape index (κ2) is 12.7. The molecule has 9 nitrogen and oxygen atoms in total. The standard InChI is InChI=1S/C43H34ClN3O6/c44-26-10-7-13-30(22-26)47-40(50)35-23-34-32(38(36-21-18-31(24-48)53-36)43(35,42(47)52)25-8-3-1-4-9-25)19-20-33-37(34)41(51)46(39(33)49)29-16-14-28(15-17-29)45-27-11-5-2-6-12-27/h1-19,21-22,33-35,37-38,45,48H,20,23-24H2/t33-,34+,35-,37-,38+,43+/m0/s1. The highest BCUT2D eigenvalue weighted by molar-refractivity contribution is 6.32. The van der Waals surface area contributed by atoms with Gasteiger partial charge in [-0.15, -0.1) is 0 Å². The maximum atomic E-state index is 15.3. The molecule has 3 fully saturated rings. The van der Waals surface area contributed by atoms with Crippen LogP contribution in [0.3, 0.4) is 0 Å². The van der Waals surface area contributed by atoms with Gasteiger partial charge in [-0.25, -0.2) is 4.90 Å². The predicted octanol–water partition coefficient (Wildman–Crippen LogP) is 7.54. The zero-order valence-corrected chi connectivity index (χ0v) is 29.1. The molecule has 0 radical (unpaired) electrons. The molecule has 4 amide bonds. The number of carbonyl (C=O) groups is 4. The molecule has 2 saturated heterocycles. The molecular weight excluding hydrogens is 690 g/mol. The van der Waals surface area contributed by atoms with Crippen LogP contribution in [0.25, 0.3) is 0 Å². The van der Waals surface area contributed by atoms with E-state index in [0.717, 1.165) is 16.9 Å². The number of furan rings is 1. The number of fused-ring (bicyclic) bond motifs is 4. The Morgan fingerprint density at radius 1 is 0.736 bits per heavy atom. The summed E-state index contributed by atoms with van der Waals surface area (Å²) in [4.78, 5) is 61.4. The van der Waals surface area contributed by atoms with Gasteiger partial charge in [0, 0.05) is 16.4 Å². The molecule has 2 aliphatic heterocycles. The van der Waals surface area contributed by atoms with Crippen LogP contribution in [0.1, 0.15) is 35.8 Å². The van der Waals surface area contributed by atoms with Crippen molar-refractivity contribution in [2.45, 2.75) is 30.8 Å². The van der Waals surface area contributed by atoms with E-state index in [1.165, 1.54) is 9.80 Å². The number of imide groups is 2. The second-order valence-corrected chi connectivity index (χ2v) is 14.5. The van der Waals surface area contributed by atoms with Crippen LogP contribution in [0.5, 0.6) is 0 Å². The number of allylic oxidation sites excluding steroid dienone is 2. The number of aliphatic hydroxyl groups is 1. The van der Waals surface area contributed by atoms with Crippen molar-refractivity contribution in [3.63, 3.8) is 0 Å². The first-order valence-electron chi connectivity index (χ1n) is 17.7. The van der Waals surface area contributed by atoms with Crippen LogP contribution < -0.4 is 15.1 Å². The lowest BCUT2D eigenvalue weighted by Crippen LogP contribution is -2.53. The predicted molar refractivity (Wildman–Crippen MR) is 199 cm³/mol. The number of aliphatic hydroxyl groups excluding tert-OH is 1. The summed E-state index contributed by atoms with van der Waals surface area (Å²) >= 11 is 6.39. The van der Waals surface area contributed by atoms with Crippen LogP contribution in [0.15, 0.2) is 137 Å². The highest BCUT2D eigenvalue weighted by atomic mass is 35.5. The number of anilines is 4. The molecule has 4 aliphatic rings. The lowest BCUT2D eigenvalue weighted by molar-refractivity contribution is -0.127. The molecule has 10 heteroatoms. The molecule has 2 N–H and O–H groups in total. The fourth-order valence-corrected chi connectivity index (χ4v) is 9.51. The van der Waals surface area contributed by atoms with Gasteiger partial charge in [0.05, 0.1) is 35.0 Å². The average Bonchev–Trinajstić information content (AvgIpc) is 3.83. The molecule has 2 aliphatic carbocycles. The molecule has 3 heterocycles. The van der Waals surface area contributed by atoms with Crippen molar-refractivity contribution in [1.82, 2.24) is 0 Å². The fraction of sp³-hybridized carbons (Fsp3) is 0.209. The Morgan fingerprint density at radius 3 is 2.15 bits per heavy atom. The van der Waals surface area contributed by atoms with Crippen molar-refractivity contribution in [2.75, 3.05) is 15.1 Å². The molecule has 53 heavy (non-hydrogen) atoms. The van der Waals surface area contributed by atoms with E-state index in [9.17, 15) is 19.5 Å². The monoisotopic (exact) mass is 723 g/mol. The highest BCUT2D eigenvalue weighted by Crippen LogP contribution is 2.64. The summed E-state index contributed by atoms with van der Waals surface area (Å²) in [5, 5.41) is 13.7. The summed E-state index contributed by atoms with van der Waals surface area (Å²) in [6.45, 7) is -0.356. The molecule has 264 valence electrons. The molecule has 0 bridgehead atoms. The van der Waals surface area contributed by atoms with Gasteiger partial charge < -0.3 is 14.8 Å². The first kappa shape index (κ1) is 33.1. The number of nitrogens with zero attached hydrogens (tertiary/aromatic N) is 2. The van der Waals surface area contributed by atoms with Gasteiger partial charge in [0.1, 0.15) is 23.5 Å². The van der Waals surface area contributed by atoms with Crippen molar-refractivity contribution in [3.05, 3.63) is 155 Å². The van der Waals surface area contributed by atoms with Crippen molar-refractivity contribution in [2.24, 2.45) is 23.7 Å². The normalized spacial score (nSPS) is 26.3. The second-order valence-electron chi connectivity index (χ2n) is 14.1. The molecule has 6 atom stereocenters.